The van der Waals surface area contributed by atoms with Crippen molar-refractivity contribution in [3.05, 3.63) is 41.7 Å². The first-order chi connectivity index (χ1) is 7.70. The lowest BCUT2D eigenvalue weighted by atomic mass is 10.1. The molecule has 0 N–H and O–H groups in total. The molecule has 0 aliphatic rings. The van der Waals surface area contributed by atoms with Crippen molar-refractivity contribution in [3.8, 4) is 5.69 Å². The van der Waals surface area contributed by atoms with E-state index in [1.54, 1.807) is 4.68 Å². The minimum absolute atomic E-state index is 0.108. The van der Waals surface area contributed by atoms with Crippen LogP contribution in [0.25, 0.3) is 5.69 Å². The van der Waals surface area contributed by atoms with Gasteiger partial charge in [0.05, 0.1) is 17.3 Å². The molecular formula is C12H14ClN3. The van der Waals surface area contributed by atoms with E-state index in [9.17, 15) is 0 Å². The van der Waals surface area contributed by atoms with Crippen molar-refractivity contribution in [2.75, 3.05) is 0 Å². The monoisotopic (exact) mass is 235 g/mol. The second-order valence-electron chi connectivity index (χ2n) is 3.73. The Hall–Kier alpha value is -1.35. The molecule has 0 radical (unpaired) electrons. The number of halogens is 1. The SMILES string of the molecule is CCc1cccc(-n2cc(C(C)Cl)nn2)c1. The Kier molecular flexibility index (Phi) is 3.25. The van der Waals surface area contributed by atoms with Gasteiger partial charge in [-0.25, -0.2) is 4.68 Å². The van der Waals surface area contributed by atoms with E-state index >= 15 is 0 Å². The largest absolute Gasteiger partial charge is 0.220 e. The summed E-state index contributed by atoms with van der Waals surface area (Å²) >= 11 is 5.95. The first-order valence-corrected chi connectivity index (χ1v) is 5.80. The maximum atomic E-state index is 5.95. The van der Waals surface area contributed by atoms with E-state index in [1.807, 2.05) is 25.3 Å². The highest BCUT2D eigenvalue weighted by atomic mass is 35.5. The van der Waals surface area contributed by atoms with Gasteiger partial charge in [-0.05, 0) is 31.0 Å². The molecule has 0 fully saturated rings. The molecule has 0 aliphatic carbocycles. The predicted octanol–water partition coefficient (Wildman–Crippen LogP) is 3.13. The number of aromatic nitrogens is 3. The molecular weight excluding hydrogens is 222 g/mol. The molecule has 4 heteroatoms. The minimum atomic E-state index is -0.108. The quantitative estimate of drug-likeness (QED) is 0.766. The van der Waals surface area contributed by atoms with Gasteiger partial charge in [0, 0.05) is 0 Å². The van der Waals surface area contributed by atoms with Crippen LogP contribution in [0.2, 0.25) is 0 Å². The zero-order chi connectivity index (χ0) is 11.5. The van der Waals surface area contributed by atoms with Crippen molar-refractivity contribution < 1.29 is 0 Å². The van der Waals surface area contributed by atoms with Crippen LogP contribution in [0.4, 0.5) is 0 Å². The highest BCUT2D eigenvalue weighted by Gasteiger charge is 2.07. The molecule has 0 spiro atoms. The van der Waals surface area contributed by atoms with Gasteiger partial charge in [-0.3, -0.25) is 0 Å². The van der Waals surface area contributed by atoms with E-state index in [0.29, 0.717) is 0 Å². The maximum absolute atomic E-state index is 5.95. The van der Waals surface area contributed by atoms with Crippen molar-refractivity contribution >= 4 is 11.6 Å². The van der Waals surface area contributed by atoms with Crippen molar-refractivity contribution in [1.82, 2.24) is 15.0 Å². The van der Waals surface area contributed by atoms with E-state index < -0.39 is 0 Å². The van der Waals surface area contributed by atoms with E-state index in [-0.39, 0.29) is 5.38 Å². The summed E-state index contributed by atoms with van der Waals surface area (Å²) in [6.07, 6.45) is 2.88. The Morgan fingerprint density at radius 1 is 1.44 bits per heavy atom. The Labute approximate surface area is 100 Å². The lowest BCUT2D eigenvalue weighted by Gasteiger charge is -2.02. The van der Waals surface area contributed by atoms with Crippen LogP contribution < -0.4 is 0 Å². The lowest BCUT2D eigenvalue weighted by molar-refractivity contribution is 0.795. The van der Waals surface area contributed by atoms with Gasteiger partial charge >= 0.3 is 0 Å². The fourth-order valence-electron chi connectivity index (χ4n) is 1.50. The summed E-state index contributed by atoms with van der Waals surface area (Å²) < 4.78 is 1.76. The van der Waals surface area contributed by atoms with Gasteiger partial charge in [0.15, 0.2) is 0 Å². The molecule has 16 heavy (non-hydrogen) atoms. The highest BCUT2D eigenvalue weighted by Crippen LogP contribution is 2.17. The van der Waals surface area contributed by atoms with Gasteiger partial charge in [0.25, 0.3) is 0 Å². The van der Waals surface area contributed by atoms with Crippen LogP contribution in [0.3, 0.4) is 0 Å². The third-order valence-electron chi connectivity index (χ3n) is 2.50. The van der Waals surface area contributed by atoms with Crippen LogP contribution in [0.1, 0.15) is 30.5 Å². The molecule has 2 aromatic rings. The van der Waals surface area contributed by atoms with Crippen molar-refractivity contribution in [2.45, 2.75) is 25.6 Å². The summed E-state index contributed by atoms with van der Waals surface area (Å²) in [6, 6.07) is 8.25. The zero-order valence-electron chi connectivity index (χ0n) is 9.39. The lowest BCUT2D eigenvalue weighted by Crippen LogP contribution is -1.95. The molecule has 1 atom stereocenters. The topological polar surface area (TPSA) is 30.7 Å². The van der Waals surface area contributed by atoms with Crippen LogP contribution in [0, 0.1) is 0 Å². The van der Waals surface area contributed by atoms with E-state index in [0.717, 1.165) is 17.8 Å². The van der Waals surface area contributed by atoms with Crippen molar-refractivity contribution in [1.29, 1.82) is 0 Å². The standard InChI is InChI=1S/C12H14ClN3/c1-3-10-5-4-6-11(7-10)16-8-12(9(2)13)14-15-16/h4-9H,3H2,1-2H3. The van der Waals surface area contributed by atoms with Gasteiger partial charge in [-0.1, -0.05) is 24.3 Å². The Morgan fingerprint density at radius 2 is 2.25 bits per heavy atom. The number of rotatable bonds is 3. The Balaban J connectivity index is 2.34. The zero-order valence-corrected chi connectivity index (χ0v) is 10.1. The number of aryl methyl sites for hydroxylation is 1. The second kappa shape index (κ2) is 4.66. The number of alkyl halides is 1. The second-order valence-corrected chi connectivity index (χ2v) is 4.38. The normalized spacial score (nSPS) is 12.7. The van der Waals surface area contributed by atoms with Gasteiger partial charge in [-0.2, -0.15) is 0 Å². The van der Waals surface area contributed by atoms with Gasteiger partial charge in [0.2, 0.25) is 0 Å². The molecule has 84 valence electrons. The predicted molar refractivity (Wildman–Crippen MR) is 65.0 cm³/mol. The molecule has 0 saturated carbocycles. The molecule has 0 saturated heterocycles. The van der Waals surface area contributed by atoms with Crippen LogP contribution in [-0.2, 0) is 6.42 Å². The van der Waals surface area contributed by atoms with Crippen LogP contribution in [-0.4, -0.2) is 15.0 Å². The molecule has 1 unspecified atom stereocenters. The minimum Gasteiger partial charge on any atom is -0.220 e. The molecule has 0 bridgehead atoms. The van der Waals surface area contributed by atoms with Crippen LogP contribution >= 0.6 is 11.6 Å². The average Bonchev–Trinajstić information content (AvgIpc) is 2.78. The summed E-state index contributed by atoms with van der Waals surface area (Å²) in [5, 5.41) is 7.99. The van der Waals surface area contributed by atoms with Gasteiger partial charge in [-0.15, -0.1) is 16.7 Å². The fourth-order valence-corrected chi connectivity index (χ4v) is 1.60. The summed E-state index contributed by atoms with van der Waals surface area (Å²) in [5.74, 6) is 0. The van der Waals surface area contributed by atoms with Crippen LogP contribution in [0.5, 0.6) is 0 Å². The third-order valence-corrected chi connectivity index (χ3v) is 2.73. The first-order valence-electron chi connectivity index (χ1n) is 5.36. The van der Waals surface area contributed by atoms with Gasteiger partial charge < -0.3 is 0 Å². The van der Waals surface area contributed by atoms with Gasteiger partial charge in [0.1, 0.15) is 5.69 Å². The highest BCUT2D eigenvalue weighted by molar-refractivity contribution is 6.20. The molecule has 0 aliphatic heterocycles. The number of nitrogens with zero attached hydrogens (tertiary/aromatic N) is 3. The first kappa shape index (κ1) is 11.1. The number of hydrogen-bond acceptors (Lipinski definition) is 2. The number of hydrogen-bond donors (Lipinski definition) is 0. The van der Waals surface area contributed by atoms with Crippen molar-refractivity contribution in [3.63, 3.8) is 0 Å². The molecule has 1 aromatic carbocycles. The van der Waals surface area contributed by atoms with Crippen LogP contribution in [0.15, 0.2) is 30.5 Å². The Morgan fingerprint density at radius 3 is 2.88 bits per heavy atom. The number of benzene rings is 1. The smallest absolute Gasteiger partial charge is 0.101 e. The van der Waals surface area contributed by atoms with Crippen molar-refractivity contribution in [2.24, 2.45) is 0 Å². The molecule has 3 nitrogen and oxygen atoms in total. The summed E-state index contributed by atoms with van der Waals surface area (Å²) in [4.78, 5) is 0. The summed E-state index contributed by atoms with van der Waals surface area (Å²) in [5.41, 5.74) is 3.10. The maximum Gasteiger partial charge on any atom is 0.101 e. The molecule has 0 amide bonds. The average molecular weight is 236 g/mol. The fraction of sp³-hybridized carbons (Fsp3) is 0.333. The summed E-state index contributed by atoms with van der Waals surface area (Å²) in [7, 11) is 0. The third kappa shape index (κ3) is 2.25. The Bertz CT molecular complexity index is 477. The summed E-state index contributed by atoms with van der Waals surface area (Å²) in [6.45, 7) is 4.02. The van der Waals surface area contributed by atoms with E-state index in [2.05, 4.69) is 29.4 Å². The molecule has 1 heterocycles. The molecule has 2 rings (SSSR count). The van der Waals surface area contributed by atoms with E-state index in [4.69, 9.17) is 11.6 Å². The van der Waals surface area contributed by atoms with E-state index in [1.165, 1.54) is 5.56 Å². The molecule has 1 aromatic heterocycles.